The summed E-state index contributed by atoms with van der Waals surface area (Å²) in [5, 5.41) is 2.75. The standard InChI is InChI=1S/C24H28BN3S/c1-17-16-28(23-19(17)6-4-7-20(23)25)13-5-12-27-14-10-18(11-15-27)24-26-21-8-2-3-9-22(21)29-24/h2-4,6-9,16,18H,5,10-15,25H2,1H3. The number of fused-ring (bicyclic) bond motifs is 2. The Hall–Kier alpha value is -2.11. The van der Waals surface area contributed by atoms with Crippen LogP contribution in [0.1, 0.15) is 35.8 Å². The van der Waals surface area contributed by atoms with Crippen molar-refractivity contribution in [3.8, 4) is 0 Å². The highest BCUT2D eigenvalue weighted by atomic mass is 32.1. The van der Waals surface area contributed by atoms with Crippen molar-refractivity contribution < 1.29 is 0 Å². The van der Waals surface area contributed by atoms with Gasteiger partial charge in [0.2, 0.25) is 0 Å². The van der Waals surface area contributed by atoms with Crippen LogP contribution in [0.15, 0.2) is 48.7 Å². The van der Waals surface area contributed by atoms with Gasteiger partial charge in [0.25, 0.3) is 0 Å². The lowest BCUT2D eigenvalue weighted by molar-refractivity contribution is 0.207. The third kappa shape index (κ3) is 3.74. The van der Waals surface area contributed by atoms with Crippen molar-refractivity contribution in [2.75, 3.05) is 19.6 Å². The van der Waals surface area contributed by atoms with Gasteiger partial charge >= 0.3 is 0 Å². The molecule has 1 aliphatic rings. The van der Waals surface area contributed by atoms with Crippen LogP contribution < -0.4 is 5.46 Å². The van der Waals surface area contributed by atoms with Crippen molar-refractivity contribution >= 4 is 45.8 Å². The third-order valence-electron chi connectivity index (χ3n) is 6.42. The summed E-state index contributed by atoms with van der Waals surface area (Å²) in [5.74, 6) is 0.641. The molecule has 0 aliphatic carbocycles. The average Bonchev–Trinajstić information content (AvgIpc) is 3.31. The Kier molecular flexibility index (Phi) is 5.19. The smallest absolute Gasteiger partial charge is 0.142 e. The maximum atomic E-state index is 4.90. The summed E-state index contributed by atoms with van der Waals surface area (Å²) in [5.41, 5.74) is 5.35. The Balaban J connectivity index is 1.17. The topological polar surface area (TPSA) is 21.1 Å². The van der Waals surface area contributed by atoms with Crippen molar-refractivity contribution in [2.24, 2.45) is 0 Å². The number of benzene rings is 2. The first-order valence-electron chi connectivity index (χ1n) is 10.8. The summed E-state index contributed by atoms with van der Waals surface area (Å²) in [6.07, 6.45) is 6.02. The minimum atomic E-state index is 0.641. The quantitative estimate of drug-likeness (QED) is 0.470. The lowest BCUT2D eigenvalue weighted by atomic mass is 9.93. The van der Waals surface area contributed by atoms with Crippen molar-refractivity contribution in [3.63, 3.8) is 0 Å². The molecule has 2 aromatic carbocycles. The first-order valence-corrected chi connectivity index (χ1v) is 11.6. The summed E-state index contributed by atoms with van der Waals surface area (Å²) in [6, 6.07) is 15.2. The number of hydrogen-bond donors (Lipinski definition) is 0. The highest BCUT2D eigenvalue weighted by Crippen LogP contribution is 2.33. The first kappa shape index (κ1) is 18.9. The van der Waals surface area contributed by atoms with Crippen LogP contribution in [0.25, 0.3) is 21.1 Å². The number of nitrogens with zero attached hydrogens (tertiary/aromatic N) is 3. The van der Waals surface area contributed by atoms with Crippen LogP contribution in [0.3, 0.4) is 0 Å². The summed E-state index contributed by atoms with van der Waals surface area (Å²) < 4.78 is 3.79. The predicted octanol–water partition coefficient (Wildman–Crippen LogP) is 4.09. The third-order valence-corrected chi connectivity index (χ3v) is 7.62. The van der Waals surface area contributed by atoms with Crippen LogP contribution in [0.4, 0.5) is 0 Å². The zero-order valence-electron chi connectivity index (χ0n) is 17.4. The minimum Gasteiger partial charge on any atom is -0.348 e. The fourth-order valence-electron chi connectivity index (χ4n) is 4.84. The number of para-hydroxylation sites is 2. The second kappa shape index (κ2) is 7.96. The largest absolute Gasteiger partial charge is 0.348 e. The van der Waals surface area contributed by atoms with E-state index < -0.39 is 0 Å². The Morgan fingerprint density at radius 3 is 2.72 bits per heavy atom. The van der Waals surface area contributed by atoms with E-state index in [0.29, 0.717) is 5.92 Å². The molecule has 3 heterocycles. The second-order valence-corrected chi connectivity index (χ2v) is 9.53. The number of thiazole rings is 1. The molecule has 0 unspecified atom stereocenters. The van der Waals surface area contributed by atoms with Gasteiger partial charge in [0.15, 0.2) is 0 Å². The van der Waals surface area contributed by atoms with Crippen molar-refractivity contribution in [1.29, 1.82) is 0 Å². The Morgan fingerprint density at radius 2 is 1.90 bits per heavy atom. The molecular formula is C24H28BN3S. The summed E-state index contributed by atoms with van der Waals surface area (Å²) in [6.45, 7) is 6.92. The molecule has 1 saturated heterocycles. The van der Waals surface area contributed by atoms with E-state index in [9.17, 15) is 0 Å². The molecule has 0 radical (unpaired) electrons. The van der Waals surface area contributed by atoms with Gasteiger partial charge < -0.3 is 9.47 Å². The lowest BCUT2D eigenvalue weighted by Crippen LogP contribution is -2.34. The number of piperidine rings is 1. The molecule has 0 atom stereocenters. The van der Waals surface area contributed by atoms with Gasteiger partial charge in [-0.25, -0.2) is 4.98 Å². The predicted molar refractivity (Wildman–Crippen MR) is 128 cm³/mol. The van der Waals surface area contributed by atoms with Gasteiger partial charge in [0, 0.05) is 29.6 Å². The van der Waals surface area contributed by atoms with Crippen LogP contribution in [0.5, 0.6) is 0 Å². The van der Waals surface area contributed by atoms with E-state index in [1.54, 1.807) is 0 Å². The monoisotopic (exact) mass is 401 g/mol. The zero-order valence-corrected chi connectivity index (χ0v) is 18.2. The maximum Gasteiger partial charge on any atom is 0.142 e. The van der Waals surface area contributed by atoms with Crippen molar-refractivity contribution in [1.82, 2.24) is 14.5 Å². The van der Waals surface area contributed by atoms with E-state index >= 15 is 0 Å². The summed E-state index contributed by atoms with van der Waals surface area (Å²) in [7, 11) is 2.23. The van der Waals surface area contributed by atoms with Crippen LogP contribution >= 0.6 is 11.3 Å². The van der Waals surface area contributed by atoms with E-state index in [0.717, 1.165) is 6.54 Å². The van der Waals surface area contributed by atoms with Gasteiger partial charge in [-0.05, 0) is 63.5 Å². The molecule has 2 aromatic heterocycles. The highest BCUT2D eigenvalue weighted by molar-refractivity contribution is 7.18. The van der Waals surface area contributed by atoms with Gasteiger partial charge in [-0.1, -0.05) is 35.8 Å². The number of rotatable bonds is 5. The molecule has 5 heteroatoms. The number of hydrogen-bond acceptors (Lipinski definition) is 3. The number of likely N-dealkylation sites (tertiary alicyclic amines) is 1. The molecule has 1 fully saturated rings. The van der Waals surface area contributed by atoms with E-state index in [1.165, 1.54) is 76.1 Å². The van der Waals surface area contributed by atoms with Gasteiger partial charge in [0.1, 0.15) is 7.85 Å². The number of aryl methyl sites for hydroxylation is 2. The van der Waals surface area contributed by atoms with Crippen LogP contribution in [-0.4, -0.2) is 41.9 Å². The minimum absolute atomic E-state index is 0.641. The van der Waals surface area contributed by atoms with Crippen LogP contribution in [-0.2, 0) is 6.54 Å². The van der Waals surface area contributed by atoms with Gasteiger partial charge in [-0.2, -0.15) is 0 Å². The van der Waals surface area contributed by atoms with Gasteiger partial charge in [-0.3, -0.25) is 0 Å². The van der Waals surface area contributed by atoms with Crippen molar-refractivity contribution in [2.45, 2.75) is 38.6 Å². The molecule has 4 aromatic rings. The number of aromatic nitrogens is 2. The maximum absolute atomic E-state index is 4.90. The Morgan fingerprint density at radius 1 is 1.07 bits per heavy atom. The highest BCUT2D eigenvalue weighted by Gasteiger charge is 2.23. The summed E-state index contributed by atoms with van der Waals surface area (Å²) >= 11 is 1.89. The van der Waals surface area contributed by atoms with E-state index in [2.05, 4.69) is 72.9 Å². The van der Waals surface area contributed by atoms with E-state index in [4.69, 9.17) is 4.98 Å². The zero-order chi connectivity index (χ0) is 19.8. The van der Waals surface area contributed by atoms with Gasteiger partial charge in [0.05, 0.1) is 15.2 Å². The molecule has 0 N–H and O–H groups in total. The normalized spacial score (nSPS) is 16.2. The molecule has 5 rings (SSSR count). The molecule has 29 heavy (non-hydrogen) atoms. The Bertz CT molecular complexity index is 1100. The molecule has 0 amide bonds. The fourth-order valence-corrected chi connectivity index (χ4v) is 5.97. The van der Waals surface area contributed by atoms with E-state index in [-0.39, 0.29) is 0 Å². The van der Waals surface area contributed by atoms with Crippen LogP contribution in [0, 0.1) is 6.92 Å². The molecule has 1 aliphatic heterocycles. The molecule has 0 saturated carbocycles. The van der Waals surface area contributed by atoms with Gasteiger partial charge in [-0.15, -0.1) is 11.3 Å². The fraction of sp³-hybridized carbons (Fsp3) is 0.375. The molecular weight excluding hydrogens is 373 g/mol. The van der Waals surface area contributed by atoms with Crippen molar-refractivity contribution in [3.05, 3.63) is 59.2 Å². The first-order chi connectivity index (χ1) is 14.2. The lowest BCUT2D eigenvalue weighted by Gasteiger charge is -2.31. The second-order valence-electron chi connectivity index (χ2n) is 8.47. The molecule has 148 valence electrons. The molecule has 0 bridgehead atoms. The molecule has 0 spiro atoms. The summed E-state index contributed by atoms with van der Waals surface area (Å²) in [4.78, 5) is 7.55. The molecule has 3 nitrogen and oxygen atoms in total. The average molecular weight is 401 g/mol. The Labute approximate surface area is 177 Å². The SMILES string of the molecule is Bc1cccc2c(C)cn(CCCN3CCC(c4nc5ccccc5s4)CC3)c12. The van der Waals surface area contributed by atoms with E-state index in [1.807, 2.05) is 11.3 Å². The van der Waals surface area contributed by atoms with Crippen LogP contribution in [0.2, 0.25) is 0 Å².